The Balaban J connectivity index is 1.82. The van der Waals surface area contributed by atoms with Gasteiger partial charge in [0, 0.05) is 6.04 Å². The Morgan fingerprint density at radius 3 is 2.27 bits per heavy atom. The molecule has 0 amide bonds. The highest BCUT2D eigenvalue weighted by Crippen LogP contribution is 2.24. The van der Waals surface area contributed by atoms with E-state index in [9.17, 15) is 0 Å². The van der Waals surface area contributed by atoms with Crippen molar-refractivity contribution in [2.75, 3.05) is 13.1 Å². The maximum Gasteiger partial charge on any atom is 0.00954 e. The zero-order chi connectivity index (χ0) is 7.52. The molecule has 1 saturated heterocycles. The van der Waals surface area contributed by atoms with E-state index in [0.29, 0.717) is 0 Å². The Labute approximate surface area is 69.8 Å². The average Bonchev–Trinajstić information content (AvgIpc) is 2.58. The van der Waals surface area contributed by atoms with Gasteiger partial charge < -0.3 is 4.90 Å². The quantitative estimate of drug-likeness (QED) is 0.557. The van der Waals surface area contributed by atoms with Gasteiger partial charge in [-0.2, -0.15) is 0 Å². The van der Waals surface area contributed by atoms with Crippen LogP contribution in [0.1, 0.15) is 38.5 Å². The molecule has 0 atom stereocenters. The molecule has 1 saturated carbocycles. The summed E-state index contributed by atoms with van der Waals surface area (Å²) in [4.78, 5) is 2.70. The Morgan fingerprint density at radius 2 is 1.64 bits per heavy atom. The lowest BCUT2D eigenvalue weighted by atomic mass is 9.94. The molecule has 0 N–H and O–H groups in total. The molecule has 2 fully saturated rings. The predicted octanol–water partition coefficient (Wildman–Crippen LogP) is 2.23. The minimum atomic E-state index is 0.947. The van der Waals surface area contributed by atoms with Crippen molar-refractivity contribution in [3.05, 3.63) is 6.42 Å². The zero-order valence-electron chi connectivity index (χ0n) is 7.26. The molecule has 0 bridgehead atoms. The van der Waals surface area contributed by atoms with Gasteiger partial charge >= 0.3 is 0 Å². The Morgan fingerprint density at radius 1 is 1.00 bits per heavy atom. The van der Waals surface area contributed by atoms with Crippen molar-refractivity contribution in [2.24, 2.45) is 0 Å². The molecule has 2 rings (SSSR count). The second-order valence-electron chi connectivity index (χ2n) is 3.84. The van der Waals surface area contributed by atoms with Crippen LogP contribution in [-0.4, -0.2) is 24.0 Å². The summed E-state index contributed by atoms with van der Waals surface area (Å²) in [5.41, 5.74) is 0. The maximum absolute atomic E-state index is 2.70. The first-order valence-corrected chi connectivity index (χ1v) is 5.02. The van der Waals surface area contributed by atoms with Crippen LogP contribution >= 0.6 is 0 Å². The molecule has 0 spiro atoms. The Kier molecular flexibility index (Phi) is 2.47. The summed E-state index contributed by atoms with van der Waals surface area (Å²) in [5, 5.41) is 0. The van der Waals surface area contributed by atoms with Crippen LogP contribution in [-0.2, 0) is 0 Å². The molecule has 63 valence electrons. The minimum absolute atomic E-state index is 0.947. The lowest BCUT2D eigenvalue weighted by Gasteiger charge is -2.30. The highest BCUT2D eigenvalue weighted by atomic mass is 15.2. The molecular formula is C10H18N. The largest absolute Gasteiger partial charge is 0.300 e. The number of nitrogens with zero attached hydrogens (tertiary/aromatic N) is 1. The van der Waals surface area contributed by atoms with E-state index in [1.807, 2.05) is 0 Å². The van der Waals surface area contributed by atoms with Crippen LogP contribution in [0.5, 0.6) is 0 Å². The van der Waals surface area contributed by atoms with Crippen LogP contribution in [0.2, 0.25) is 0 Å². The van der Waals surface area contributed by atoms with Crippen molar-refractivity contribution in [1.29, 1.82) is 0 Å². The summed E-state index contributed by atoms with van der Waals surface area (Å²) in [5.74, 6) is 0. The first-order valence-electron chi connectivity index (χ1n) is 5.02. The number of likely N-dealkylation sites (tertiary alicyclic amines) is 1. The fourth-order valence-corrected chi connectivity index (χ4v) is 2.38. The smallest absolute Gasteiger partial charge is 0.00954 e. The molecule has 2 aliphatic rings. The third kappa shape index (κ3) is 1.76. The standard InChI is InChI=1S/C10H18N/c1-2-6-10(7-3-1)11-8-4-5-9-11/h1,10H,2-9H2. The fourth-order valence-electron chi connectivity index (χ4n) is 2.38. The van der Waals surface area contributed by atoms with Gasteiger partial charge in [0.05, 0.1) is 0 Å². The van der Waals surface area contributed by atoms with Crippen molar-refractivity contribution in [2.45, 2.75) is 44.6 Å². The lowest BCUT2D eigenvalue weighted by molar-refractivity contribution is 0.205. The van der Waals surface area contributed by atoms with Crippen LogP contribution in [0.15, 0.2) is 0 Å². The first kappa shape index (κ1) is 7.60. The first-order chi connectivity index (χ1) is 5.47. The normalized spacial score (nSPS) is 29.5. The molecular weight excluding hydrogens is 134 g/mol. The van der Waals surface area contributed by atoms with Gasteiger partial charge in [-0.05, 0) is 58.0 Å². The molecule has 0 aromatic rings. The van der Waals surface area contributed by atoms with E-state index in [0.717, 1.165) is 6.04 Å². The van der Waals surface area contributed by atoms with E-state index in [1.54, 1.807) is 0 Å². The predicted molar refractivity (Wildman–Crippen MR) is 47.4 cm³/mol. The van der Waals surface area contributed by atoms with Gasteiger partial charge in [0.2, 0.25) is 0 Å². The van der Waals surface area contributed by atoms with Gasteiger partial charge in [0.1, 0.15) is 0 Å². The van der Waals surface area contributed by atoms with E-state index >= 15 is 0 Å². The number of rotatable bonds is 1. The summed E-state index contributed by atoms with van der Waals surface area (Å²) in [6.07, 6.45) is 10.9. The average molecular weight is 152 g/mol. The summed E-state index contributed by atoms with van der Waals surface area (Å²) in [7, 11) is 0. The monoisotopic (exact) mass is 152 g/mol. The Hall–Kier alpha value is -0.0400. The van der Waals surface area contributed by atoms with Crippen LogP contribution in [0.25, 0.3) is 0 Å². The van der Waals surface area contributed by atoms with Gasteiger partial charge in [0.15, 0.2) is 0 Å². The molecule has 0 unspecified atom stereocenters. The third-order valence-electron chi connectivity index (χ3n) is 3.07. The second kappa shape index (κ2) is 3.57. The summed E-state index contributed by atoms with van der Waals surface area (Å²) < 4.78 is 0. The number of hydrogen-bond acceptors (Lipinski definition) is 1. The van der Waals surface area contributed by atoms with E-state index in [4.69, 9.17) is 0 Å². The zero-order valence-corrected chi connectivity index (χ0v) is 7.26. The van der Waals surface area contributed by atoms with Crippen LogP contribution in [0, 0.1) is 6.42 Å². The van der Waals surface area contributed by atoms with Crippen molar-refractivity contribution in [3.63, 3.8) is 0 Å². The van der Waals surface area contributed by atoms with Crippen molar-refractivity contribution >= 4 is 0 Å². The van der Waals surface area contributed by atoms with E-state index in [-0.39, 0.29) is 0 Å². The van der Waals surface area contributed by atoms with Crippen molar-refractivity contribution in [1.82, 2.24) is 4.90 Å². The SMILES string of the molecule is [CH]1CCC(N2CCCC2)CC1. The van der Waals surface area contributed by atoms with Crippen molar-refractivity contribution < 1.29 is 0 Å². The van der Waals surface area contributed by atoms with E-state index < -0.39 is 0 Å². The molecule has 1 heterocycles. The summed E-state index contributed by atoms with van der Waals surface area (Å²) >= 11 is 0. The molecule has 0 aromatic heterocycles. The fraction of sp³-hybridized carbons (Fsp3) is 0.900. The molecule has 1 aliphatic heterocycles. The molecule has 1 radical (unpaired) electrons. The van der Waals surface area contributed by atoms with Crippen LogP contribution in [0.4, 0.5) is 0 Å². The van der Waals surface area contributed by atoms with E-state index in [2.05, 4.69) is 11.3 Å². The second-order valence-corrected chi connectivity index (χ2v) is 3.84. The van der Waals surface area contributed by atoms with Gasteiger partial charge in [-0.1, -0.05) is 0 Å². The van der Waals surface area contributed by atoms with Gasteiger partial charge in [-0.3, -0.25) is 0 Å². The van der Waals surface area contributed by atoms with Gasteiger partial charge in [-0.25, -0.2) is 0 Å². The molecule has 1 nitrogen and oxygen atoms in total. The van der Waals surface area contributed by atoms with Crippen LogP contribution in [0.3, 0.4) is 0 Å². The van der Waals surface area contributed by atoms with Crippen molar-refractivity contribution in [3.8, 4) is 0 Å². The topological polar surface area (TPSA) is 3.24 Å². The van der Waals surface area contributed by atoms with E-state index in [1.165, 1.54) is 51.6 Å². The molecule has 11 heavy (non-hydrogen) atoms. The maximum atomic E-state index is 2.70. The molecule has 0 aromatic carbocycles. The lowest BCUT2D eigenvalue weighted by Crippen LogP contribution is -2.34. The van der Waals surface area contributed by atoms with Gasteiger partial charge in [-0.15, -0.1) is 0 Å². The molecule has 1 aliphatic carbocycles. The highest BCUT2D eigenvalue weighted by molar-refractivity contribution is 4.84. The summed E-state index contributed by atoms with van der Waals surface area (Å²) in [6, 6.07) is 0.947. The highest BCUT2D eigenvalue weighted by Gasteiger charge is 2.22. The summed E-state index contributed by atoms with van der Waals surface area (Å²) in [6.45, 7) is 2.76. The number of hydrogen-bond donors (Lipinski definition) is 0. The Bertz CT molecular complexity index is 110. The van der Waals surface area contributed by atoms with Gasteiger partial charge in [0.25, 0.3) is 0 Å². The third-order valence-corrected chi connectivity index (χ3v) is 3.07. The molecule has 1 heteroatoms. The minimum Gasteiger partial charge on any atom is -0.300 e. The van der Waals surface area contributed by atoms with Crippen LogP contribution < -0.4 is 0 Å².